The summed E-state index contributed by atoms with van der Waals surface area (Å²) in [5.41, 5.74) is 2.81. The summed E-state index contributed by atoms with van der Waals surface area (Å²) < 4.78 is 14.4. The Balaban J connectivity index is 0.00000408. The van der Waals surface area contributed by atoms with Gasteiger partial charge in [0.05, 0.1) is 12.2 Å². The van der Waals surface area contributed by atoms with Crippen molar-refractivity contribution in [2.75, 3.05) is 13.2 Å². The molecule has 1 atom stereocenters. The van der Waals surface area contributed by atoms with Gasteiger partial charge < -0.3 is 14.6 Å². The van der Waals surface area contributed by atoms with Gasteiger partial charge in [0.25, 0.3) is 5.56 Å². The number of rotatable bonds is 12. The van der Waals surface area contributed by atoms with E-state index in [1.807, 2.05) is 19.1 Å². The summed E-state index contributed by atoms with van der Waals surface area (Å²) in [7, 11) is 1.78. The van der Waals surface area contributed by atoms with Crippen molar-refractivity contribution < 1.29 is 19.4 Å². The van der Waals surface area contributed by atoms with E-state index in [0.29, 0.717) is 48.8 Å². The number of carbonyl (C=O) groups is 1. The zero-order valence-corrected chi connectivity index (χ0v) is 19.7. The topological polar surface area (TPSA) is 108 Å². The number of hydrogen-bond acceptors (Lipinski definition) is 6. The molecule has 0 bridgehead atoms. The van der Waals surface area contributed by atoms with Crippen LogP contribution in [-0.2, 0) is 42.4 Å². The minimum atomic E-state index is -0.977. The number of aryl methyl sites for hydroxylation is 3. The first-order valence-electron chi connectivity index (χ1n) is 11.4. The minimum Gasteiger partial charge on any atom is -0.492 e. The van der Waals surface area contributed by atoms with Gasteiger partial charge in [0.2, 0.25) is 0 Å². The number of aliphatic carboxylic acids is 1. The maximum Gasteiger partial charge on any atom is 0.333 e. The first-order chi connectivity index (χ1) is 15.9. The number of carboxylic acid groups (broad SMARTS) is 1. The lowest BCUT2D eigenvalue weighted by atomic mass is 10.1. The number of aromatic nitrogens is 4. The van der Waals surface area contributed by atoms with Gasteiger partial charge in [-0.3, -0.25) is 14.0 Å². The third kappa shape index (κ3) is 6.37. The van der Waals surface area contributed by atoms with Crippen molar-refractivity contribution >= 4 is 40.1 Å². The normalized spacial score (nSPS) is 11.9. The van der Waals surface area contributed by atoms with E-state index in [0.717, 1.165) is 24.1 Å². The van der Waals surface area contributed by atoms with Gasteiger partial charge in [-0.2, -0.15) is 5.10 Å². The third-order valence-corrected chi connectivity index (χ3v) is 5.47. The molecule has 0 amide bonds. The number of ether oxygens (including phenoxy) is 2. The fourth-order valence-electron chi connectivity index (χ4n) is 3.88. The first-order valence-corrected chi connectivity index (χ1v) is 11.4. The van der Waals surface area contributed by atoms with E-state index in [1.165, 1.54) is 0 Å². The Kier molecular flexibility index (Phi) is 10.5. The number of nitrogens with zero attached hydrogens (tertiary/aromatic N) is 4. The number of benzene rings is 1. The molecular formula is C24H34MgN4O5. The Hall–Kier alpha value is -2.43. The first kappa shape index (κ1) is 27.8. The highest BCUT2D eigenvalue weighted by Gasteiger charge is 2.19. The molecule has 0 aliphatic heterocycles. The zero-order valence-electron chi connectivity index (χ0n) is 19.7. The Bertz CT molecular complexity index is 1160. The summed E-state index contributed by atoms with van der Waals surface area (Å²) in [6.07, 6.45) is 1.77. The van der Waals surface area contributed by atoms with Crippen molar-refractivity contribution in [2.45, 2.75) is 59.1 Å². The van der Waals surface area contributed by atoms with Crippen LogP contribution in [0.3, 0.4) is 0 Å². The lowest BCUT2D eigenvalue weighted by molar-refractivity contribution is -0.149. The molecule has 0 radical (unpaired) electrons. The molecule has 34 heavy (non-hydrogen) atoms. The van der Waals surface area contributed by atoms with Gasteiger partial charge in [-0.25, -0.2) is 9.78 Å². The second-order valence-electron chi connectivity index (χ2n) is 7.83. The van der Waals surface area contributed by atoms with Gasteiger partial charge in [-0.05, 0) is 31.0 Å². The summed E-state index contributed by atoms with van der Waals surface area (Å²) in [4.78, 5) is 29.2. The molecule has 3 rings (SSSR count). The lowest BCUT2D eigenvalue weighted by Crippen LogP contribution is -2.28. The van der Waals surface area contributed by atoms with Crippen LogP contribution in [0.1, 0.15) is 44.3 Å². The predicted octanol–water partition coefficient (Wildman–Crippen LogP) is 1.84. The molecule has 3 aromatic rings. The maximum absolute atomic E-state index is 13.2. The van der Waals surface area contributed by atoms with Crippen LogP contribution in [0.25, 0.3) is 11.0 Å². The SMILES string of the molecule is CCCc1nn(C)c2c(=O)n(CCOc3ccc(CC(OCC)C(=O)O)cc3)c(CC)nc12.[MgH2]. The molecule has 2 heterocycles. The molecule has 182 valence electrons. The fourth-order valence-corrected chi connectivity index (χ4v) is 3.88. The Morgan fingerprint density at radius 2 is 1.88 bits per heavy atom. The van der Waals surface area contributed by atoms with Gasteiger partial charge in [0, 0.05) is 26.5 Å². The van der Waals surface area contributed by atoms with E-state index in [2.05, 4.69) is 12.0 Å². The lowest BCUT2D eigenvalue weighted by Gasteiger charge is -2.14. The standard InChI is InChI=1S/C24H32N4O5.Mg.2H/c1-5-8-18-21-22(27(4)26-18)23(29)28(20(6-2)25-21)13-14-33-17-11-9-16(10-12-17)15-19(24(30)31)32-7-3;;;/h9-12,19H,5-8,13-15H2,1-4H3,(H,30,31);;;. The van der Waals surface area contributed by atoms with Gasteiger partial charge in [-0.15, -0.1) is 0 Å². The number of hydrogen-bond donors (Lipinski definition) is 1. The molecule has 9 nitrogen and oxygen atoms in total. The molecule has 10 heteroatoms. The van der Waals surface area contributed by atoms with E-state index < -0.39 is 12.1 Å². The van der Waals surface area contributed by atoms with Crippen LogP contribution >= 0.6 is 0 Å². The Morgan fingerprint density at radius 3 is 2.47 bits per heavy atom. The molecule has 0 saturated heterocycles. The fraction of sp³-hybridized carbons (Fsp3) is 0.500. The average Bonchev–Trinajstić information content (AvgIpc) is 3.11. The Morgan fingerprint density at radius 1 is 1.18 bits per heavy atom. The van der Waals surface area contributed by atoms with Crippen LogP contribution in [0, 0.1) is 0 Å². The molecule has 0 fully saturated rings. The van der Waals surface area contributed by atoms with Crippen LogP contribution in [0.2, 0.25) is 0 Å². The number of fused-ring (bicyclic) bond motifs is 1. The van der Waals surface area contributed by atoms with E-state index >= 15 is 0 Å². The second-order valence-corrected chi connectivity index (χ2v) is 7.83. The molecular weight excluding hydrogens is 449 g/mol. The number of carboxylic acids is 1. The van der Waals surface area contributed by atoms with Crippen LogP contribution < -0.4 is 10.3 Å². The summed E-state index contributed by atoms with van der Waals surface area (Å²) in [6, 6.07) is 7.24. The van der Waals surface area contributed by atoms with Crippen molar-refractivity contribution in [3.63, 3.8) is 0 Å². The van der Waals surface area contributed by atoms with Crippen LogP contribution in [-0.4, -0.2) is 72.8 Å². The van der Waals surface area contributed by atoms with Gasteiger partial charge >= 0.3 is 29.0 Å². The summed E-state index contributed by atoms with van der Waals surface area (Å²) in [5.74, 6) is 0.385. The summed E-state index contributed by atoms with van der Waals surface area (Å²) in [6.45, 7) is 6.84. The smallest absolute Gasteiger partial charge is 0.333 e. The molecule has 0 aliphatic carbocycles. The van der Waals surface area contributed by atoms with Crippen LogP contribution in [0.4, 0.5) is 0 Å². The minimum absolute atomic E-state index is 0. The van der Waals surface area contributed by atoms with Crippen molar-refractivity contribution in [3.8, 4) is 5.75 Å². The Labute approximate surface area is 215 Å². The summed E-state index contributed by atoms with van der Waals surface area (Å²) in [5, 5.41) is 13.7. The van der Waals surface area contributed by atoms with Crippen molar-refractivity contribution in [1.82, 2.24) is 19.3 Å². The quantitative estimate of drug-likeness (QED) is 0.392. The maximum atomic E-state index is 13.2. The van der Waals surface area contributed by atoms with E-state index in [4.69, 9.17) is 14.5 Å². The molecule has 2 aromatic heterocycles. The average molecular weight is 483 g/mol. The van der Waals surface area contributed by atoms with E-state index in [1.54, 1.807) is 35.4 Å². The highest BCUT2D eigenvalue weighted by molar-refractivity contribution is 5.76. The molecule has 0 saturated carbocycles. The van der Waals surface area contributed by atoms with Gasteiger partial charge in [0.15, 0.2) is 11.6 Å². The van der Waals surface area contributed by atoms with Crippen LogP contribution in [0.5, 0.6) is 5.75 Å². The highest BCUT2D eigenvalue weighted by atomic mass is 24.3. The van der Waals surface area contributed by atoms with Crippen molar-refractivity contribution in [2.24, 2.45) is 7.05 Å². The largest absolute Gasteiger partial charge is 0.492 e. The highest BCUT2D eigenvalue weighted by Crippen LogP contribution is 2.17. The monoisotopic (exact) mass is 482 g/mol. The predicted molar refractivity (Wildman–Crippen MR) is 133 cm³/mol. The van der Waals surface area contributed by atoms with E-state index in [-0.39, 0.29) is 35.0 Å². The van der Waals surface area contributed by atoms with E-state index in [9.17, 15) is 14.7 Å². The molecule has 1 aromatic carbocycles. The zero-order chi connectivity index (χ0) is 24.0. The van der Waals surface area contributed by atoms with Crippen molar-refractivity contribution in [3.05, 3.63) is 51.7 Å². The molecule has 0 aliphatic rings. The molecule has 0 spiro atoms. The second kappa shape index (κ2) is 12.9. The van der Waals surface area contributed by atoms with Crippen molar-refractivity contribution in [1.29, 1.82) is 0 Å². The summed E-state index contributed by atoms with van der Waals surface area (Å²) >= 11 is 0. The van der Waals surface area contributed by atoms with Gasteiger partial charge in [-0.1, -0.05) is 32.4 Å². The third-order valence-electron chi connectivity index (χ3n) is 5.47. The molecule has 1 N–H and O–H groups in total. The van der Waals surface area contributed by atoms with Crippen LogP contribution in [0.15, 0.2) is 29.1 Å². The van der Waals surface area contributed by atoms with Gasteiger partial charge in [0.1, 0.15) is 23.7 Å². The molecule has 1 unspecified atom stereocenters.